The van der Waals surface area contributed by atoms with Gasteiger partial charge >= 0.3 is 0 Å². The largest absolute Gasteiger partial charge is 0.0754 e. The average Bonchev–Trinajstić information content (AvgIpc) is 1.80. The normalized spacial score (nSPS) is 14.5. The molecule has 0 saturated carbocycles. The molecule has 0 heterocycles. The highest BCUT2D eigenvalue weighted by atomic mass is 29.8. The Morgan fingerprint density at radius 2 is 0.750 bits per heavy atom. The molecule has 0 aliphatic rings. The van der Waals surface area contributed by atoms with Gasteiger partial charge in [0.15, 0.2) is 0 Å². The average molecular weight is 233 g/mol. The maximum atomic E-state index is 2.61. The van der Waals surface area contributed by atoms with E-state index in [-0.39, 0.29) is 15.7 Å². The molecule has 0 nitrogen and oxygen atoms in total. The van der Waals surface area contributed by atoms with Crippen molar-refractivity contribution in [2.24, 2.45) is 0 Å². The molecule has 0 rings (SSSR count). The second-order valence-electron chi connectivity index (χ2n) is 5.75. The maximum Gasteiger partial charge on any atom is 0.0324 e. The molecular weight excluding hydrogens is 208 g/mol. The van der Waals surface area contributed by atoms with Crippen LogP contribution in [-0.4, -0.2) is 30.8 Å². The Kier molecular flexibility index (Phi) is 4.22. The van der Waals surface area contributed by atoms with Crippen molar-refractivity contribution in [2.45, 2.75) is 52.4 Å². The molecule has 0 aromatic rings. The molecule has 0 amide bonds. The van der Waals surface area contributed by atoms with Gasteiger partial charge < -0.3 is 0 Å². The lowest BCUT2D eigenvalue weighted by Crippen LogP contribution is -2.60. The van der Waals surface area contributed by atoms with Crippen molar-refractivity contribution in [3.05, 3.63) is 0 Å². The van der Waals surface area contributed by atoms with E-state index in [0.717, 1.165) is 0 Å². The van der Waals surface area contributed by atoms with Gasteiger partial charge in [-0.1, -0.05) is 52.4 Å². The fourth-order valence-corrected chi connectivity index (χ4v) is 50.6. The van der Waals surface area contributed by atoms with Crippen LogP contribution in [0.1, 0.15) is 0 Å². The lowest BCUT2D eigenvalue weighted by Gasteiger charge is -2.35. The summed E-state index contributed by atoms with van der Waals surface area (Å²) in [4.78, 5) is 0. The van der Waals surface area contributed by atoms with E-state index in [2.05, 4.69) is 52.4 Å². The van der Waals surface area contributed by atoms with Gasteiger partial charge in [-0.25, -0.2) is 0 Å². The molecular formula is C8H24Si4. The molecule has 0 bridgehead atoms. The Labute approximate surface area is 83.4 Å². The van der Waals surface area contributed by atoms with Crippen LogP contribution in [-0.2, 0) is 0 Å². The molecule has 0 saturated heterocycles. The zero-order valence-electron chi connectivity index (χ0n) is 10.0. The predicted octanol–water partition coefficient (Wildman–Crippen LogP) is 3.15. The molecule has 0 fully saturated rings. The summed E-state index contributed by atoms with van der Waals surface area (Å²) in [6, 6.07) is 0. The molecule has 0 unspecified atom stereocenters. The van der Waals surface area contributed by atoms with Crippen LogP contribution in [0.4, 0.5) is 0 Å². The molecule has 0 aromatic heterocycles. The fraction of sp³-hybridized carbons (Fsp3) is 1.00. The van der Waals surface area contributed by atoms with Gasteiger partial charge in [0.05, 0.1) is 0 Å². The van der Waals surface area contributed by atoms with E-state index in [9.17, 15) is 0 Å². The second kappa shape index (κ2) is 3.94. The van der Waals surface area contributed by atoms with Crippen molar-refractivity contribution >= 4 is 30.8 Å². The van der Waals surface area contributed by atoms with Crippen LogP contribution in [0.15, 0.2) is 0 Å². The molecule has 0 N–H and O–H groups in total. The van der Waals surface area contributed by atoms with Gasteiger partial charge in [-0.2, -0.15) is 0 Å². The number of rotatable bonds is 3. The monoisotopic (exact) mass is 232 g/mol. The molecule has 0 atom stereocenters. The van der Waals surface area contributed by atoms with Gasteiger partial charge in [0.25, 0.3) is 0 Å². The first-order valence-corrected chi connectivity index (χ1v) is 18.8. The third kappa shape index (κ3) is 3.72. The van der Waals surface area contributed by atoms with Crippen LogP contribution in [0.5, 0.6) is 0 Å². The lowest BCUT2D eigenvalue weighted by atomic mass is 11.8. The Morgan fingerprint density at radius 3 is 0.833 bits per heavy atom. The van der Waals surface area contributed by atoms with Gasteiger partial charge in [-0.3, -0.25) is 0 Å². The molecule has 0 spiro atoms. The number of hydrogen-bond acceptors (Lipinski definition) is 0. The van der Waals surface area contributed by atoms with E-state index >= 15 is 0 Å². The number of hydrogen-bond donors (Lipinski definition) is 0. The minimum Gasteiger partial charge on any atom is -0.0754 e. The van der Waals surface area contributed by atoms with Gasteiger partial charge in [0, 0.05) is 30.8 Å². The van der Waals surface area contributed by atoms with Crippen molar-refractivity contribution in [1.82, 2.24) is 0 Å². The minimum atomic E-state index is -0.752. The smallest absolute Gasteiger partial charge is 0.0324 e. The Hall–Kier alpha value is 0.868. The van der Waals surface area contributed by atoms with Crippen molar-refractivity contribution in [2.75, 3.05) is 0 Å². The summed E-state index contributed by atoms with van der Waals surface area (Å²) in [5.74, 6) is 0. The molecule has 0 aliphatic carbocycles. The second-order valence-corrected chi connectivity index (χ2v) is 38.2. The molecule has 72 valence electrons. The molecule has 0 aliphatic heterocycles. The fourth-order valence-electron chi connectivity index (χ4n) is 1.12. The first-order chi connectivity index (χ1) is 5.07. The topological polar surface area (TPSA) is 0 Å². The minimum absolute atomic E-state index is 0.0622. The molecule has 12 heavy (non-hydrogen) atoms. The Bertz CT molecular complexity index is 124. The summed E-state index contributed by atoms with van der Waals surface area (Å²) in [6.07, 6.45) is 0. The van der Waals surface area contributed by atoms with Crippen molar-refractivity contribution in [3.63, 3.8) is 0 Å². The van der Waals surface area contributed by atoms with Crippen molar-refractivity contribution in [3.8, 4) is 0 Å². The Morgan fingerprint density at radius 1 is 0.583 bits per heavy atom. The van der Waals surface area contributed by atoms with E-state index < -0.39 is 15.2 Å². The maximum absolute atomic E-state index is 2.61. The summed E-state index contributed by atoms with van der Waals surface area (Å²) in [5.41, 5.74) is 0. The van der Waals surface area contributed by atoms with Gasteiger partial charge in [0.2, 0.25) is 0 Å². The summed E-state index contributed by atoms with van der Waals surface area (Å²) >= 11 is 0. The van der Waals surface area contributed by atoms with E-state index in [1.165, 1.54) is 0 Å². The molecule has 4 heteroatoms. The quantitative estimate of drug-likeness (QED) is 0.656. The van der Waals surface area contributed by atoms with E-state index in [1.807, 2.05) is 0 Å². The van der Waals surface area contributed by atoms with Crippen LogP contribution < -0.4 is 0 Å². The summed E-state index contributed by atoms with van der Waals surface area (Å²) in [5, 5.41) is 0. The SMILES string of the molecule is C[Si]([Si](C)[Si](C)(C)C)[Si](C)(C)C. The summed E-state index contributed by atoms with van der Waals surface area (Å²) in [7, 11) is -1.38. The molecule has 0 aromatic carbocycles. The van der Waals surface area contributed by atoms with E-state index in [4.69, 9.17) is 0 Å². The molecule has 2 radical (unpaired) electrons. The third-order valence-corrected chi connectivity index (χ3v) is 47.8. The Balaban J connectivity index is 4.41. The highest BCUT2D eigenvalue weighted by Gasteiger charge is 2.36. The van der Waals surface area contributed by atoms with Crippen LogP contribution in [0.25, 0.3) is 0 Å². The van der Waals surface area contributed by atoms with Crippen LogP contribution in [0, 0.1) is 0 Å². The van der Waals surface area contributed by atoms with E-state index in [0.29, 0.717) is 0 Å². The van der Waals surface area contributed by atoms with Gasteiger partial charge in [-0.05, 0) is 0 Å². The summed E-state index contributed by atoms with van der Waals surface area (Å²) in [6.45, 7) is 20.6. The van der Waals surface area contributed by atoms with Gasteiger partial charge in [-0.15, -0.1) is 0 Å². The van der Waals surface area contributed by atoms with Crippen LogP contribution >= 0.6 is 0 Å². The highest BCUT2D eigenvalue weighted by molar-refractivity contribution is 7.70. The van der Waals surface area contributed by atoms with Crippen LogP contribution in [0.3, 0.4) is 0 Å². The predicted molar refractivity (Wildman–Crippen MR) is 69.9 cm³/mol. The van der Waals surface area contributed by atoms with Crippen molar-refractivity contribution in [1.29, 1.82) is 0 Å². The van der Waals surface area contributed by atoms with Crippen molar-refractivity contribution < 1.29 is 0 Å². The first kappa shape index (κ1) is 12.9. The summed E-state index contributed by atoms with van der Waals surface area (Å²) < 4.78 is 0. The standard InChI is InChI=1S/C8H24Si4/c1-9(11(3,4)5)10(2)12(6,7)8/h1-8H3. The highest BCUT2D eigenvalue weighted by Crippen LogP contribution is 2.16. The lowest BCUT2D eigenvalue weighted by molar-refractivity contribution is 1.81. The zero-order chi connectivity index (χ0) is 10.2. The third-order valence-electron chi connectivity index (χ3n) is 2.81. The van der Waals surface area contributed by atoms with Crippen LogP contribution in [0.2, 0.25) is 52.4 Å². The first-order valence-electron chi connectivity index (χ1n) is 4.75. The van der Waals surface area contributed by atoms with E-state index in [1.54, 1.807) is 0 Å². The zero-order valence-corrected chi connectivity index (χ0v) is 14.0. The van der Waals surface area contributed by atoms with Gasteiger partial charge in [0.1, 0.15) is 0 Å².